The molecule has 1 aliphatic carbocycles. The number of aromatic nitrogens is 4. The summed E-state index contributed by atoms with van der Waals surface area (Å²) in [7, 11) is 1.78. The molecule has 0 N–H and O–H groups in total. The summed E-state index contributed by atoms with van der Waals surface area (Å²) in [5.41, 5.74) is 1.19. The third-order valence-electron chi connectivity index (χ3n) is 5.78. The number of anilines is 2. The van der Waals surface area contributed by atoms with E-state index in [1.165, 1.54) is 18.5 Å². The van der Waals surface area contributed by atoms with Gasteiger partial charge in [-0.15, -0.1) is 0 Å². The van der Waals surface area contributed by atoms with Crippen LogP contribution in [0.25, 0.3) is 0 Å². The van der Waals surface area contributed by atoms with Crippen molar-refractivity contribution in [1.29, 1.82) is 0 Å². The van der Waals surface area contributed by atoms with E-state index < -0.39 is 0 Å². The molecule has 7 nitrogen and oxygen atoms in total. The molecule has 0 amide bonds. The standard InChI is InChI=1S/C18H22N6O/c1-22-5-4-19-17(18(22)25)24-9-13-7-23(8-14(13)10-24)16-6-15(12-2-3-12)20-11-21-16/h4-6,11-14H,2-3,7-10H2,1H3. The van der Waals surface area contributed by atoms with Crippen LogP contribution >= 0.6 is 0 Å². The largest absolute Gasteiger partial charge is 0.356 e. The molecule has 4 heterocycles. The molecule has 2 aromatic heterocycles. The first kappa shape index (κ1) is 14.9. The Balaban J connectivity index is 1.31. The van der Waals surface area contributed by atoms with Gasteiger partial charge in [0.25, 0.3) is 5.56 Å². The van der Waals surface area contributed by atoms with Crippen LogP contribution in [-0.2, 0) is 7.05 Å². The van der Waals surface area contributed by atoms with Crippen molar-refractivity contribution >= 4 is 11.6 Å². The molecule has 3 aliphatic rings. The van der Waals surface area contributed by atoms with Gasteiger partial charge in [0.15, 0.2) is 5.82 Å². The third-order valence-corrected chi connectivity index (χ3v) is 5.78. The van der Waals surface area contributed by atoms with Gasteiger partial charge in [-0.3, -0.25) is 4.79 Å². The van der Waals surface area contributed by atoms with E-state index in [9.17, 15) is 4.79 Å². The minimum absolute atomic E-state index is 0.01000. The van der Waals surface area contributed by atoms with Gasteiger partial charge in [0.2, 0.25) is 0 Å². The van der Waals surface area contributed by atoms with E-state index in [1.54, 1.807) is 30.3 Å². The number of rotatable bonds is 3. The van der Waals surface area contributed by atoms with Crippen molar-refractivity contribution in [3.63, 3.8) is 0 Å². The molecule has 130 valence electrons. The quantitative estimate of drug-likeness (QED) is 0.832. The van der Waals surface area contributed by atoms with Gasteiger partial charge >= 0.3 is 0 Å². The average molecular weight is 338 g/mol. The normalized spacial score (nSPS) is 25.5. The zero-order valence-electron chi connectivity index (χ0n) is 14.4. The van der Waals surface area contributed by atoms with Gasteiger partial charge in [-0.1, -0.05) is 0 Å². The number of nitrogens with zero attached hydrogens (tertiary/aromatic N) is 6. The predicted molar refractivity (Wildman–Crippen MR) is 94.9 cm³/mol. The second kappa shape index (κ2) is 5.54. The molecular weight excluding hydrogens is 316 g/mol. The third kappa shape index (κ3) is 2.58. The molecule has 0 radical (unpaired) electrons. The molecule has 0 aromatic carbocycles. The van der Waals surface area contributed by atoms with Crippen molar-refractivity contribution in [2.24, 2.45) is 18.9 Å². The zero-order valence-corrected chi connectivity index (χ0v) is 14.4. The van der Waals surface area contributed by atoms with Gasteiger partial charge in [-0.05, 0) is 12.8 Å². The molecule has 2 aliphatic heterocycles. The maximum absolute atomic E-state index is 12.3. The number of hydrogen-bond donors (Lipinski definition) is 0. The molecule has 1 saturated carbocycles. The van der Waals surface area contributed by atoms with Gasteiger partial charge in [-0.2, -0.15) is 0 Å². The van der Waals surface area contributed by atoms with E-state index >= 15 is 0 Å². The van der Waals surface area contributed by atoms with Crippen molar-refractivity contribution in [2.75, 3.05) is 36.0 Å². The lowest BCUT2D eigenvalue weighted by Gasteiger charge is -2.23. The Morgan fingerprint density at radius 1 is 1.00 bits per heavy atom. The van der Waals surface area contributed by atoms with Gasteiger partial charge in [-0.25, -0.2) is 15.0 Å². The molecule has 2 saturated heterocycles. The lowest BCUT2D eigenvalue weighted by atomic mass is 10.0. The van der Waals surface area contributed by atoms with Crippen molar-refractivity contribution < 1.29 is 0 Å². The first-order chi connectivity index (χ1) is 12.2. The topological polar surface area (TPSA) is 67.2 Å². The van der Waals surface area contributed by atoms with Crippen LogP contribution in [0.5, 0.6) is 0 Å². The van der Waals surface area contributed by atoms with Crippen LogP contribution in [0, 0.1) is 11.8 Å². The smallest absolute Gasteiger partial charge is 0.293 e. The molecule has 2 atom stereocenters. The highest BCUT2D eigenvalue weighted by Gasteiger charge is 2.41. The highest BCUT2D eigenvalue weighted by atomic mass is 16.1. The Labute approximate surface area is 146 Å². The second-order valence-electron chi connectivity index (χ2n) is 7.57. The van der Waals surface area contributed by atoms with E-state index in [1.807, 2.05) is 0 Å². The van der Waals surface area contributed by atoms with Gasteiger partial charge in [0.05, 0.1) is 0 Å². The molecule has 25 heavy (non-hydrogen) atoms. The van der Waals surface area contributed by atoms with Gasteiger partial charge < -0.3 is 14.4 Å². The number of fused-ring (bicyclic) bond motifs is 1. The first-order valence-electron chi connectivity index (χ1n) is 9.02. The molecule has 7 heteroatoms. The maximum atomic E-state index is 12.3. The Hall–Kier alpha value is -2.44. The van der Waals surface area contributed by atoms with E-state index in [-0.39, 0.29) is 5.56 Å². The fourth-order valence-electron chi connectivity index (χ4n) is 4.19. The summed E-state index contributed by atoms with van der Waals surface area (Å²) in [6.07, 6.45) is 7.64. The summed E-state index contributed by atoms with van der Waals surface area (Å²) in [4.78, 5) is 30.1. The van der Waals surface area contributed by atoms with Crippen molar-refractivity contribution in [1.82, 2.24) is 19.5 Å². The maximum Gasteiger partial charge on any atom is 0.293 e. The molecule has 5 rings (SSSR count). The predicted octanol–water partition coefficient (Wildman–Crippen LogP) is 1.02. The van der Waals surface area contributed by atoms with E-state index in [4.69, 9.17) is 0 Å². The zero-order chi connectivity index (χ0) is 17.0. The summed E-state index contributed by atoms with van der Waals surface area (Å²) < 4.78 is 1.60. The summed E-state index contributed by atoms with van der Waals surface area (Å²) in [6.45, 7) is 3.78. The van der Waals surface area contributed by atoms with Crippen LogP contribution in [0.1, 0.15) is 24.5 Å². The van der Waals surface area contributed by atoms with Crippen LogP contribution in [-0.4, -0.2) is 45.7 Å². The Morgan fingerprint density at radius 3 is 2.44 bits per heavy atom. The molecule has 3 fully saturated rings. The minimum atomic E-state index is -0.01000. The Kier molecular flexibility index (Phi) is 3.29. The number of hydrogen-bond acceptors (Lipinski definition) is 6. The summed E-state index contributed by atoms with van der Waals surface area (Å²) >= 11 is 0. The van der Waals surface area contributed by atoms with Crippen LogP contribution in [0.3, 0.4) is 0 Å². The molecule has 0 bridgehead atoms. The van der Waals surface area contributed by atoms with Crippen LogP contribution in [0.15, 0.2) is 29.6 Å². The van der Waals surface area contributed by atoms with Crippen LogP contribution in [0.2, 0.25) is 0 Å². The Bertz CT molecular complexity index is 847. The van der Waals surface area contributed by atoms with Crippen LogP contribution in [0.4, 0.5) is 11.6 Å². The molecule has 2 aromatic rings. The summed E-state index contributed by atoms with van der Waals surface area (Å²) in [6, 6.07) is 2.17. The average Bonchev–Trinajstić information content (AvgIpc) is 3.28. The fraction of sp³-hybridized carbons (Fsp3) is 0.556. The molecular formula is C18H22N6O. The Morgan fingerprint density at radius 2 is 1.72 bits per heavy atom. The summed E-state index contributed by atoms with van der Waals surface area (Å²) in [5.74, 6) is 3.42. The van der Waals surface area contributed by atoms with Crippen LogP contribution < -0.4 is 15.4 Å². The lowest BCUT2D eigenvalue weighted by Crippen LogP contribution is -2.34. The van der Waals surface area contributed by atoms with E-state index in [0.717, 1.165) is 32.0 Å². The number of aryl methyl sites for hydroxylation is 1. The second-order valence-corrected chi connectivity index (χ2v) is 7.57. The lowest BCUT2D eigenvalue weighted by molar-refractivity contribution is 0.533. The molecule has 2 unspecified atom stereocenters. The highest BCUT2D eigenvalue weighted by Crippen LogP contribution is 2.40. The fourth-order valence-corrected chi connectivity index (χ4v) is 4.19. The van der Waals surface area contributed by atoms with Crippen molar-refractivity contribution in [3.8, 4) is 0 Å². The highest BCUT2D eigenvalue weighted by molar-refractivity contribution is 5.45. The van der Waals surface area contributed by atoms with Crippen molar-refractivity contribution in [3.05, 3.63) is 40.8 Å². The first-order valence-corrected chi connectivity index (χ1v) is 9.02. The van der Waals surface area contributed by atoms with Crippen molar-refractivity contribution in [2.45, 2.75) is 18.8 Å². The van der Waals surface area contributed by atoms with E-state index in [2.05, 4.69) is 30.8 Å². The molecule has 0 spiro atoms. The van der Waals surface area contributed by atoms with E-state index in [0.29, 0.717) is 23.6 Å². The summed E-state index contributed by atoms with van der Waals surface area (Å²) in [5, 5.41) is 0. The van der Waals surface area contributed by atoms with Gasteiger partial charge in [0, 0.05) is 75.1 Å². The minimum Gasteiger partial charge on any atom is -0.356 e. The monoisotopic (exact) mass is 338 g/mol. The SMILES string of the molecule is Cn1ccnc(N2CC3CN(c4cc(C5CC5)ncn4)CC3C2)c1=O. The van der Waals surface area contributed by atoms with Gasteiger partial charge in [0.1, 0.15) is 12.1 Å².